The number of hydrogen-bond donors (Lipinski definition) is 0. The summed E-state index contributed by atoms with van der Waals surface area (Å²) in [6, 6.07) is 0. The molecular formula is C15H24O. The fourth-order valence-corrected chi connectivity index (χ4v) is 2.03. The van der Waals surface area contributed by atoms with Gasteiger partial charge in [-0.2, -0.15) is 0 Å². The standard InChI is InChI=1S/C15H24O/c1-11(16)12-7-8-15(5,6)13(9-12)10-14(2,3)4/h9-10H,7-8H2,1-6H3/b13-10+. The van der Waals surface area contributed by atoms with E-state index in [0.717, 1.165) is 18.4 Å². The molecule has 0 bridgehead atoms. The quantitative estimate of drug-likeness (QED) is 0.644. The number of carbonyl (C=O) groups excluding carboxylic acids is 1. The maximum absolute atomic E-state index is 11.4. The lowest BCUT2D eigenvalue weighted by molar-refractivity contribution is -0.113. The van der Waals surface area contributed by atoms with E-state index < -0.39 is 0 Å². The Hall–Kier alpha value is -0.850. The van der Waals surface area contributed by atoms with Gasteiger partial charge in [0, 0.05) is 0 Å². The monoisotopic (exact) mass is 220 g/mol. The molecule has 0 heterocycles. The second-order valence-electron chi connectivity index (χ2n) is 6.58. The van der Waals surface area contributed by atoms with Crippen LogP contribution in [0, 0.1) is 10.8 Å². The fourth-order valence-electron chi connectivity index (χ4n) is 2.03. The van der Waals surface area contributed by atoms with Gasteiger partial charge in [-0.05, 0) is 41.7 Å². The number of hydrogen-bond acceptors (Lipinski definition) is 1. The van der Waals surface area contributed by atoms with Crippen molar-refractivity contribution in [2.75, 3.05) is 0 Å². The second kappa shape index (κ2) is 4.20. The van der Waals surface area contributed by atoms with Crippen LogP contribution in [0.15, 0.2) is 23.3 Å². The summed E-state index contributed by atoms with van der Waals surface area (Å²) in [5.74, 6) is 0.218. The van der Waals surface area contributed by atoms with Crippen LogP contribution >= 0.6 is 0 Å². The van der Waals surface area contributed by atoms with Crippen molar-refractivity contribution in [2.24, 2.45) is 10.8 Å². The number of ketones is 1. The molecule has 0 radical (unpaired) electrons. The maximum Gasteiger partial charge on any atom is 0.155 e. The number of rotatable bonds is 1. The third-order valence-corrected chi connectivity index (χ3v) is 3.17. The molecule has 0 saturated heterocycles. The molecule has 0 N–H and O–H groups in total. The fraction of sp³-hybridized carbons (Fsp3) is 0.667. The zero-order valence-corrected chi connectivity index (χ0v) is 11.5. The lowest BCUT2D eigenvalue weighted by Crippen LogP contribution is -2.21. The first-order valence-electron chi connectivity index (χ1n) is 6.07. The van der Waals surface area contributed by atoms with Crippen LogP contribution in [0.2, 0.25) is 0 Å². The zero-order chi connectivity index (χ0) is 12.6. The molecule has 0 atom stereocenters. The largest absolute Gasteiger partial charge is 0.295 e. The minimum absolute atomic E-state index is 0.169. The van der Waals surface area contributed by atoms with E-state index in [0.29, 0.717) is 0 Å². The average Bonchev–Trinajstić information content (AvgIpc) is 2.05. The molecule has 0 fully saturated rings. The predicted molar refractivity (Wildman–Crippen MR) is 69.3 cm³/mol. The van der Waals surface area contributed by atoms with Crippen molar-refractivity contribution in [1.29, 1.82) is 0 Å². The van der Waals surface area contributed by atoms with Gasteiger partial charge in [0.2, 0.25) is 0 Å². The molecule has 1 heteroatoms. The van der Waals surface area contributed by atoms with Crippen LogP contribution in [-0.2, 0) is 4.79 Å². The Morgan fingerprint density at radius 3 is 2.38 bits per heavy atom. The molecule has 0 amide bonds. The molecule has 90 valence electrons. The minimum Gasteiger partial charge on any atom is -0.295 e. The van der Waals surface area contributed by atoms with Crippen LogP contribution in [0.1, 0.15) is 54.4 Å². The SMILES string of the molecule is CC(=O)C1=C/C(=C\C(C)(C)C)C(C)(C)CC1. The summed E-state index contributed by atoms with van der Waals surface area (Å²) < 4.78 is 0. The van der Waals surface area contributed by atoms with E-state index in [1.807, 2.05) is 0 Å². The van der Waals surface area contributed by atoms with Gasteiger partial charge in [-0.1, -0.05) is 46.8 Å². The summed E-state index contributed by atoms with van der Waals surface area (Å²) in [7, 11) is 0. The lowest BCUT2D eigenvalue weighted by Gasteiger charge is -2.33. The molecule has 0 aromatic heterocycles. The highest BCUT2D eigenvalue weighted by Crippen LogP contribution is 2.40. The Bertz CT molecular complexity index is 348. The molecule has 1 nitrogen and oxygen atoms in total. The molecule has 0 aromatic rings. The van der Waals surface area contributed by atoms with Gasteiger partial charge >= 0.3 is 0 Å². The summed E-state index contributed by atoms with van der Waals surface area (Å²) >= 11 is 0. The van der Waals surface area contributed by atoms with E-state index in [2.05, 4.69) is 46.8 Å². The Balaban J connectivity index is 3.15. The highest BCUT2D eigenvalue weighted by atomic mass is 16.1. The Labute approximate surface area is 99.6 Å². The Morgan fingerprint density at radius 1 is 1.38 bits per heavy atom. The summed E-state index contributed by atoms with van der Waals surface area (Å²) in [5.41, 5.74) is 2.67. The topological polar surface area (TPSA) is 17.1 Å². The van der Waals surface area contributed by atoms with Crippen LogP contribution in [0.4, 0.5) is 0 Å². The Morgan fingerprint density at radius 2 is 1.94 bits per heavy atom. The van der Waals surface area contributed by atoms with E-state index in [-0.39, 0.29) is 16.6 Å². The first kappa shape index (κ1) is 13.2. The van der Waals surface area contributed by atoms with Crippen molar-refractivity contribution in [2.45, 2.75) is 54.4 Å². The number of allylic oxidation sites excluding steroid dienone is 4. The van der Waals surface area contributed by atoms with Crippen LogP contribution in [0.5, 0.6) is 0 Å². The van der Waals surface area contributed by atoms with Gasteiger partial charge < -0.3 is 0 Å². The maximum atomic E-state index is 11.4. The predicted octanol–water partition coefficient (Wildman–Crippen LogP) is 4.29. The molecule has 0 aliphatic heterocycles. The van der Waals surface area contributed by atoms with Crippen molar-refractivity contribution in [3.05, 3.63) is 23.3 Å². The molecule has 0 unspecified atom stereocenters. The highest BCUT2D eigenvalue weighted by Gasteiger charge is 2.28. The third kappa shape index (κ3) is 3.33. The van der Waals surface area contributed by atoms with Crippen LogP contribution in [0.3, 0.4) is 0 Å². The van der Waals surface area contributed by atoms with E-state index in [1.165, 1.54) is 5.57 Å². The third-order valence-electron chi connectivity index (χ3n) is 3.17. The van der Waals surface area contributed by atoms with Gasteiger partial charge in [0.25, 0.3) is 0 Å². The van der Waals surface area contributed by atoms with Crippen molar-refractivity contribution in [3.8, 4) is 0 Å². The molecule has 0 spiro atoms. The normalized spacial score (nSPS) is 23.1. The lowest BCUT2D eigenvalue weighted by atomic mass is 9.71. The molecule has 1 rings (SSSR count). The summed E-state index contributed by atoms with van der Waals surface area (Å²) in [4.78, 5) is 11.4. The van der Waals surface area contributed by atoms with E-state index in [9.17, 15) is 4.79 Å². The van der Waals surface area contributed by atoms with Gasteiger partial charge in [0.15, 0.2) is 5.78 Å². The zero-order valence-electron chi connectivity index (χ0n) is 11.5. The summed E-state index contributed by atoms with van der Waals surface area (Å²) in [5, 5.41) is 0. The van der Waals surface area contributed by atoms with E-state index in [1.54, 1.807) is 6.92 Å². The van der Waals surface area contributed by atoms with Crippen LogP contribution in [-0.4, -0.2) is 5.78 Å². The van der Waals surface area contributed by atoms with Gasteiger partial charge in [0.1, 0.15) is 0 Å². The molecule has 1 aliphatic carbocycles. The smallest absolute Gasteiger partial charge is 0.155 e. The number of Topliss-reactive ketones (excluding diaryl/α,β-unsaturated/α-hetero) is 1. The van der Waals surface area contributed by atoms with E-state index in [4.69, 9.17) is 0 Å². The van der Waals surface area contributed by atoms with Crippen molar-refractivity contribution >= 4 is 5.78 Å². The van der Waals surface area contributed by atoms with Crippen molar-refractivity contribution in [1.82, 2.24) is 0 Å². The number of carbonyl (C=O) groups is 1. The molecular weight excluding hydrogens is 196 g/mol. The highest BCUT2D eigenvalue weighted by molar-refractivity contribution is 5.94. The van der Waals surface area contributed by atoms with Gasteiger partial charge in [-0.25, -0.2) is 0 Å². The van der Waals surface area contributed by atoms with E-state index >= 15 is 0 Å². The molecule has 1 aliphatic rings. The summed E-state index contributed by atoms with van der Waals surface area (Å²) in [6.07, 6.45) is 6.40. The molecule has 16 heavy (non-hydrogen) atoms. The van der Waals surface area contributed by atoms with Gasteiger partial charge in [0.05, 0.1) is 0 Å². The first-order chi connectivity index (χ1) is 7.12. The molecule has 0 saturated carbocycles. The Kier molecular flexibility index (Phi) is 3.47. The van der Waals surface area contributed by atoms with Crippen molar-refractivity contribution in [3.63, 3.8) is 0 Å². The summed E-state index contributed by atoms with van der Waals surface area (Å²) in [6.45, 7) is 12.8. The van der Waals surface area contributed by atoms with Gasteiger partial charge in [-0.3, -0.25) is 4.79 Å². The molecule has 0 aromatic carbocycles. The first-order valence-corrected chi connectivity index (χ1v) is 6.07. The van der Waals surface area contributed by atoms with Crippen LogP contribution < -0.4 is 0 Å². The van der Waals surface area contributed by atoms with Crippen molar-refractivity contribution < 1.29 is 4.79 Å². The minimum atomic E-state index is 0.169. The van der Waals surface area contributed by atoms with Gasteiger partial charge in [-0.15, -0.1) is 0 Å². The second-order valence-corrected chi connectivity index (χ2v) is 6.58. The van der Waals surface area contributed by atoms with Crippen LogP contribution in [0.25, 0.3) is 0 Å². The average molecular weight is 220 g/mol.